The number of carbonyl (C=O) groups is 2. The smallest absolute Gasteiger partial charge is 0.387 e. The van der Waals surface area contributed by atoms with Crippen molar-refractivity contribution in [1.29, 1.82) is 0 Å². The molecule has 34 heavy (non-hydrogen) atoms. The molecule has 4 N–H and O–H groups in total. The first-order valence-electron chi connectivity index (χ1n) is 11.3. The number of nitrogens with two attached hydrogens (primary N) is 2. The lowest BCUT2D eigenvalue weighted by Gasteiger charge is -2.30. The summed E-state index contributed by atoms with van der Waals surface area (Å²) in [5.74, 6) is -0.198. The molecule has 2 aliphatic rings. The summed E-state index contributed by atoms with van der Waals surface area (Å²) < 4.78 is 41.8. The molecule has 2 heterocycles. The number of oxazole rings is 1. The highest BCUT2D eigenvalue weighted by molar-refractivity contribution is 5.94. The van der Waals surface area contributed by atoms with E-state index in [1.54, 1.807) is 11.8 Å². The first-order valence-corrected chi connectivity index (χ1v) is 11.3. The number of likely N-dealkylation sites (tertiary alicyclic amines) is 1. The number of halogens is 2. The minimum Gasteiger partial charge on any atom is -0.489 e. The number of aromatic nitrogens is 1. The monoisotopic (exact) mass is 478 g/mol. The largest absolute Gasteiger partial charge is 0.489 e. The third-order valence-electron chi connectivity index (χ3n) is 6.03. The van der Waals surface area contributed by atoms with E-state index in [9.17, 15) is 18.4 Å². The van der Waals surface area contributed by atoms with Crippen LogP contribution in [-0.2, 0) is 4.79 Å². The number of primary amides is 1. The number of hydrogen-bond donors (Lipinski definition) is 2. The van der Waals surface area contributed by atoms with Gasteiger partial charge in [-0.25, -0.2) is 4.98 Å². The number of alkyl halides is 2. The summed E-state index contributed by atoms with van der Waals surface area (Å²) in [5, 5.41) is 0. The summed E-state index contributed by atoms with van der Waals surface area (Å²) in [6.07, 6.45) is 3.02. The van der Waals surface area contributed by atoms with Crippen LogP contribution in [0.1, 0.15) is 54.9 Å². The Labute approximate surface area is 195 Å². The summed E-state index contributed by atoms with van der Waals surface area (Å²) in [6.45, 7) is -0.199. The second-order valence-corrected chi connectivity index (χ2v) is 8.78. The molecule has 0 bridgehead atoms. The van der Waals surface area contributed by atoms with Gasteiger partial charge in [-0.15, -0.1) is 0 Å². The van der Waals surface area contributed by atoms with Crippen molar-refractivity contribution in [2.45, 2.75) is 45.3 Å². The predicted octanol–water partition coefficient (Wildman–Crippen LogP) is 3.09. The summed E-state index contributed by atoms with van der Waals surface area (Å²) in [6, 6.07) is 3.75. The summed E-state index contributed by atoms with van der Waals surface area (Å²) in [5.41, 5.74) is 11.9. The van der Waals surface area contributed by atoms with Crippen LogP contribution in [0, 0.1) is 11.8 Å². The topological polar surface area (TPSA) is 134 Å². The van der Waals surface area contributed by atoms with Gasteiger partial charge in [-0.05, 0) is 56.7 Å². The molecule has 1 aromatic heterocycles. The van der Waals surface area contributed by atoms with Crippen LogP contribution in [0.5, 0.6) is 11.5 Å². The first kappa shape index (κ1) is 23.9. The third-order valence-corrected chi connectivity index (χ3v) is 6.03. The zero-order valence-corrected chi connectivity index (χ0v) is 18.8. The molecule has 1 aromatic carbocycles. The summed E-state index contributed by atoms with van der Waals surface area (Å²) in [4.78, 5) is 30.6. The molecule has 11 heteroatoms. The van der Waals surface area contributed by atoms with E-state index in [1.807, 2.05) is 0 Å². The van der Waals surface area contributed by atoms with Gasteiger partial charge in [0.05, 0.1) is 12.6 Å². The SMILES string of the molecule is C[C@H](N)c1oc(-c2ccc(OC(F)F)c(OCC3CC3)c2)nc1C(=O)N1CCC(C(N)=O)CC1. The molecule has 2 fully saturated rings. The molecule has 1 atom stereocenters. The van der Waals surface area contributed by atoms with Crippen LogP contribution >= 0.6 is 0 Å². The van der Waals surface area contributed by atoms with E-state index in [2.05, 4.69) is 9.72 Å². The minimum absolute atomic E-state index is 0.0795. The van der Waals surface area contributed by atoms with E-state index < -0.39 is 12.7 Å². The van der Waals surface area contributed by atoms with E-state index in [0.29, 0.717) is 44.0 Å². The molecule has 1 aliphatic carbocycles. The fraction of sp³-hybridized carbons (Fsp3) is 0.522. The minimum atomic E-state index is -3.00. The number of carbonyl (C=O) groups excluding carboxylic acids is 2. The van der Waals surface area contributed by atoms with Gasteiger partial charge in [0.25, 0.3) is 5.91 Å². The number of benzene rings is 1. The van der Waals surface area contributed by atoms with E-state index in [0.717, 1.165) is 12.8 Å². The zero-order chi connectivity index (χ0) is 24.4. The predicted molar refractivity (Wildman–Crippen MR) is 117 cm³/mol. The molecule has 2 amide bonds. The van der Waals surface area contributed by atoms with Gasteiger partial charge in [-0.2, -0.15) is 8.78 Å². The molecule has 0 spiro atoms. The van der Waals surface area contributed by atoms with Crippen molar-refractivity contribution in [3.05, 3.63) is 29.7 Å². The van der Waals surface area contributed by atoms with Crippen LogP contribution in [-0.4, -0.2) is 48.0 Å². The Hall–Kier alpha value is -3.21. The van der Waals surface area contributed by atoms with Crippen LogP contribution in [0.4, 0.5) is 8.78 Å². The van der Waals surface area contributed by atoms with Gasteiger partial charge in [0.1, 0.15) is 0 Å². The Bertz CT molecular complexity index is 1050. The number of amides is 2. The second kappa shape index (κ2) is 9.96. The van der Waals surface area contributed by atoms with Crippen LogP contribution in [0.2, 0.25) is 0 Å². The molecule has 4 rings (SSSR count). The lowest BCUT2D eigenvalue weighted by atomic mass is 9.96. The molecule has 0 radical (unpaired) electrons. The second-order valence-electron chi connectivity index (χ2n) is 8.78. The fourth-order valence-electron chi connectivity index (χ4n) is 3.87. The molecule has 0 unspecified atom stereocenters. The molecule has 1 aliphatic heterocycles. The van der Waals surface area contributed by atoms with Gasteiger partial charge in [0.2, 0.25) is 11.8 Å². The van der Waals surface area contributed by atoms with Crippen LogP contribution in [0.25, 0.3) is 11.5 Å². The Kier molecular flexibility index (Phi) is 7.01. The molecule has 184 valence electrons. The molecule has 1 saturated heterocycles. The Morgan fingerprint density at radius 2 is 1.91 bits per heavy atom. The maximum Gasteiger partial charge on any atom is 0.387 e. The van der Waals surface area contributed by atoms with Crippen molar-refractivity contribution in [2.75, 3.05) is 19.7 Å². The van der Waals surface area contributed by atoms with E-state index in [1.165, 1.54) is 18.2 Å². The molecule has 2 aromatic rings. The highest BCUT2D eigenvalue weighted by atomic mass is 19.3. The van der Waals surface area contributed by atoms with Crippen molar-refractivity contribution in [2.24, 2.45) is 23.3 Å². The van der Waals surface area contributed by atoms with E-state index in [4.69, 9.17) is 20.6 Å². The van der Waals surface area contributed by atoms with Crippen molar-refractivity contribution < 1.29 is 32.3 Å². The number of hydrogen-bond acceptors (Lipinski definition) is 7. The quantitative estimate of drug-likeness (QED) is 0.566. The average Bonchev–Trinajstić information content (AvgIpc) is 3.52. The number of nitrogens with zero attached hydrogens (tertiary/aromatic N) is 2. The van der Waals surface area contributed by atoms with E-state index >= 15 is 0 Å². The van der Waals surface area contributed by atoms with Crippen molar-refractivity contribution in [3.63, 3.8) is 0 Å². The number of ether oxygens (including phenoxy) is 2. The standard InChI is InChI=1S/C23H28F2N4O5/c1-12(26)19-18(22(31)29-8-6-14(7-9-29)20(27)30)28-21(34-19)15-4-5-16(33-23(24)25)17(10-15)32-11-13-2-3-13/h4-5,10,12-14,23H,2-3,6-9,11,26H2,1H3,(H2,27,30)/t12-/m0/s1. The van der Waals surface area contributed by atoms with Crippen LogP contribution < -0.4 is 20.9 Å². The Morgan fingerprint density at radius 1 is 1.21 bits per heavy atom. The molecule has 9 nitrogen and oxygen atoms in total. The van der Waals surface area contributed by atoms with Crippen molar-refractivity contribution in [3.8, 4) is 23.0 Å². The molecular formula is C23H28F2N4O5. The number of rotatable bonds is 9. The molecule has 1 saturated carbocycles. The third kappa shape index (κ3) is 5.46. The van der Waals surface area contributed by atoms with Gasteiger partial charge >= 0.3 is 6.61 Å². The summed E-state index contributed by atoms with van der Waals surface area (Å²) in [7, 11) is 0. The normalized spacial score (nSPS) is 17.6. The van der Waals surface area contributed by atoms with Crippen molar-refractivity contribution >= 4 is 11.8 Å². The molecular weight excluding hydrogens is 450 g/mol. The average molecular weight is 478 g/mol. The first-order chi connectivity index (χ1) is 16.2. The van der Waals surface area contributed by atoms with Gasteiger partial charge in [-0.1, -0.05) is 0 Å². The van der Waals surface area contributed by atoms with Gasteiger partial charge in [0.15, 0.2) is 23.0 Å². The number of piperidine rings is 1. The highest BCUT2D eigenvalue weighted by Gasteiger charge is 2.31. The fourth-order valence-corrected chi connectivity index (χ4v) is 3.87. The summed E-state index contributed by atoms with van der Waals surface area (Å²) >= 11 is 0. The highest BCUT2D eigenvalue weighted by Crippen LogP contribution is 2.37. The van der Waals surface area contributed by atoms with E-state index in [-0.39, 0.29) is 46.6 Å². The van der Waals surface area contributed by atoms with Crippen LogP contribution in [0.3, 0.4) is 0 Å². The lowest BCUT2D eigenvalue weighted by Crippen LogP contribution is -2.42. The van der Waals surface area contributed by atoms with Crippen molar-refractivity contribution in [1.82, 2.24) is 9.88 Å². The zero-order valence-electron chi connectivity index (χ0n) is 18.8. The van der Waals surface area contributed by atoms with Crippen LogP contribution in [0.15, 0.2) is 22.6 Å². The lowest BCUT2D eigenvalue weighted by molar-refractivity contribution is -0.123. The Morgan fingerprint density at radius 3 is 2.50 bits per heavy atom. The maximum absolute atomic E-state index is 13.2. The Balaban J connectivity index is 1.59. The maximum atomic E-state index is 13.2. The van der Waals surface area contributed by atoms with Gasteiger partial charge in [0, 0.05) is 24.6 Å². The van der Waals surface area contributed by atoms with Gasteiger partial charge < -0.3 is 30.3 Å². The van der Waals surface area contributed by atoms with Gasteiger partial charge in [-0.3, -0.25) is 9.59 Å².